The molecule has 2 aromatic carbocycles. The number of fused-ring (bicyclic) bond motifs is 1. The van der Waals surface area contributed by atoms with E-state index in [1.165, 1.54) is 0 Å². The van der Waals surface area contributed by atoms with E-state index in [1.807, 2.05) is 42.5 Å². The third-order valence-electron chi connectivity index (χ3n) is 3.81. The average molecular weight is 322 g/mol. The van der Waals surface area contributed by atoms with Crippen LogP contribution in [0, 0.1) is 0 Å². The van der Waals surface area contributed by atoms with Crippen LogP contribution in [0.25, 0.3) is 10.8 Å². The molecule has 1 aliphatic rings. The van der Waals surface area contributed by atoms with Crippen molar-refractivity contribution in [3.8, 4) is 0 Å². The molecule has 0 aliphatic carbocycles. The lowest BCUT2D eigenvalue weighted by molar-refractivity contribution is 0.0640. The predicted molar refractivity (Wildman–Crippen MR) is 90.7 cm³/mol. The van der Waals surface area contributed by atoms with E-state index < -0.39 is 5.60 Å². The van der Waals surface area contributed by atoms with Crippen molar-refractivity contribution < 1.29 is 9.90 Å². The van der Waals surface area contributed by atoms with Gasteiger partial charge in [0.1, 0.15) is 0 Å². The number of aliphatic hydroxyl groups is 1. The van der Waals surface area contributed by atoms with E-state index in [-0.39, 0.29) is 25.0 Å². The first-order valence-corrected chi connectivity index (χ1v) is 7.11. The zero-order valence-corrected chi connectivity index (χ0v) is 13.0. The fourth-order valence-corrected chi connectivity index (χ4v) is 2.57. The molecule has 6 heteroatoms. The smallest absolute Gasteiger partial charge is 0.319 e. The molecule has 2 amide bonds. The number of β-amino-alcohol motifs (C(OH)–C–C–N with tert-alkyl or cyclic N) is 1. The van der Waals surface area contributed by atoms with Crippen LogP contribution >= 0.6 is 12.4 Å². The average Bonchev–Trinajstić information content (AvgIpc) is 2.92. The second-order valence-electron chi connectivity index (χ2n) is 5.52. The molecule has 1 atom stereocenters. The highest BCUT2D eigenvalue weighted by atomic mass is 35.5. The molecule has 118 valence electrons. The van der Waals surface area contributed by atoms with Crippen molar-refractivity contribution in [2.24, 2.45) is 0 Å². The quantitative estimate of drug-likeness (QED) is 0.699. The monoisotopic (exact) mass is 321 g/mol. The summed E-state index contributed by atoms with van der Waals surface area (Å²) in [6, 6.07) is 13.5. The van der Waals surface area contributed by atoms with E-state index in [0.29, 0.717) is 13.0 Å². The molecule has 5 nitrogen and oxygen atoms in total. The number of carbonyl (C=O) groups excluding carboxylic acids is 1. The van der Waals surface area contributed by atoms with E-state index in [0.717, 1.165) is 23.0 Å². The van der Waals surface area contributed by atoms with E-state index in [9.17, 15) is 9.90 Å². The van der Waals surface area contributed by atoms with Crippen molar-refractivity contribution in [2.45, 2.75) is 12.0 Å². The van der Waals surface area contributed by atoms with Gasteiger partial charge in [-0.05, 0) is 35.9 Å². The Kier molecular flexibility index (Phi) is 5.24. The third kappa shape index (κ3) is 3.88. The molecule has 1 heterocycles. The Balaban J connectivity index is 0.00000176. The van der Waals surface area contributed by atoms with Crippen LogP contribution in [0.3, 0.4) is 0 Å². The topological polar surface area (TPSA) is 73.4 Å². The Hall–Kier alpha value is -1.82. The number of amides is 2. The van der Waals surface area contributed by atoms with Gasteiger partial charge in [0.15, 0.2) is 0 Å². The standard InChI is InChI=1S/C16H19N3O2.ClH/c20-15(18-11-16(21)7-8-17-10-16)19-14-6-5-12-3-1-2-4-13(12)9-14;/h1-6,9,17,21H,7-8,10-11H2,(H2,18,19,20);1H. The minimum Gasteiger partial charge on any atom is -0.387 e. The highest BCUT2D eigenvalue weighted by Crippen LogP contribution is 2.19. The number of hydrogen-bond acceptors (Lipinski definition) is 3. The first-order valence-electron chi connectivity index (χ1n) is 7.11. The molecule has 1 aliphatic heterocycles. The van der Waals surface area contributed by atoms with E-state index in [1.54, 1.807) is 0 Å². The van der Waals surface area contributed by atoms with Crippen molar-refractivity contribution in [2.75, 3.05) is 25.0 Å². The van der Waals surface area contributed by atoms with Crippen LogP contribution in [0.2, 0.25) is 0 Å². The minimum atomic E-state index is -0.833. The molecule has 0 aromatic heterocycles. The maximum atomic E-state index is 11.9. The summed E-state index contributed by atoms with van der Waals surface area (Å²) in [4.78, 5) is 11.9. The first kappa shape index (κ1) is 16.5. The Labute approximate surface area is 135 Å². The van der Waals surface area contributed by atoms with Gasteiger partial charge in [-0.25, -0.2) is 4.79 Å². The number of anilines is 1. The van der Waals surface area contributed by atoms with Gasteiger partial charge in [0, 0.05) is 18.8 Å². The van der Waals surface area contributed by atoms with Crippen molar-refractivity contribution >= 4 is 34.9 Å². The maximum Gasteiger partial charge on any atom is 0.319 e. The van der Waals surface area contributed by atoms with Crippen LogP contribution in [0.5, 0.6) is 0 Å². The van der Waals surface area contributed by atoms with Gasteiger partial charge in [-0.3, -0.25) is 0 Å². The van der Waals surface area contributed by atoms with E-state index in [2.05, 4.69) is 16.0 Å². The minimum absolute atomic E-state index is 0. The zero-order chi connectivity index (χ0) is 14.7. The summed E-state index contributed by atoms with van der Waals surface area (Å²) < 4.78 is 0. The maximum absolute atomic E-state index is 11.9. The van der Waals surface area contributed by atoms with Gasteiger partial charge < -0.3 is 21.1 Å². The van der Waals surface area contributed by atoms with Crippen LogP contribution in [0.15, 0.2) is 42.5 Å². The van der Waals surface area contributed by atoms with E-state index >= 15 is 0 Å². The zero-order valence-electron chi connectivity index (χ0n) is 12.1. The molecule has 0 saturated carbocycles. The van der Waals surface area contributed by atoms with Crippen molar-refractivity contribution in [3.05, 3.63) is 42.5 Å². The predicted octanol–water partition coefficient (Wildman–Crippen LogP) is 2.11. The molecule has 0 radical (unpaired) electrons. The second-order valence-corrected chi connectivity index (χ2v) is 5.52. The van der Waals surface area contributed by atoms with Crippen LogP contribution in [-0.2, 0) is 0 Å². The van der Waals surface area contributed by atoms with Crippen LogP contribution in [0.4, 0.5) is 10.5 Å². The normalized spacial score (nSPS) is 20.4. The highest BCUT2D eigenvalue weighted by molar-refractivity contribution is 5.93. The molecule has 1 unspecified atom stereocenters. The van der Waals surface area contributed by atoms with Gasteiger partial charge in [-0.1, -0.05) is 30.3 Å². The number of nitrogens with one attached hydrogen (secondary N) is 3. The Morgan fingerprint density at radius 3 is 2.73 bits per heavy atom. The number of benzene rings is 2. The molecule has 1 fully saturated rings. The van der Waals surface area contributed by atoms with Crippen LogP contribution in [-0.4, -0.2) is 36.4 Å². The summed E-state index contributed by atoms with van der Waals surface area (Å²) in [5.41, 5.74) is -0.0940. The van der Waals surface area contributed by atoms with Crippen molar-refractivity contribution in [1.29, 1.82) is 0 Å². The lowest BCUT2D eigenvalue weighted by Crippen LogP contribution is -2.45. The van der Waals surface area contributed by atoms with Gasteiger partial charge in [0.05, 0.1) is 5.60 Å². The molecular formula is C16H20ClN3O2. The molecule has 0 spiro atoms. The highest BCUT2D eigenvalue weighted by Gasteiger charge is 2.31. The van der Waals surface area contributed by atoms with Crippen molar-refractivity contribution in [3.63, 3.8) is 0 Å². The number of urea groups is 1. The molecule has 4 N–H and O–H groups in total. The Bertz CT molecular complexity index is 657. The van der Waals surface area contributed by atoms with Crippen LogP contribution in [0.1, 0.15) is 6.42 Å². The van der Waals surface area contributed by atoms with Crippen molar-refractivity contribution in [1.82, 2.24) is 10.6 Å². The number of hydrogen-bond donors (Lipinski definition) is 4. The first-order chi connectivity index (χ1) is 10.1. The molecular weight excluding hydrogens is 302 g/mol. The van der Waals surface area contributed by atoms with Gasteiger partial charge in [0.2, 0.25) is 0 Å². The van der Waals surface area contributed by atoms with Gasteiger partial charge in [0.25, 0.3) is 0 Å². The molecule has 3 rings (SSSR count). The number of halogens is 1. The third-order valence-corrected chi connectivity index (χ3v) is 3.81. The molecule has 0 bridgehead atoms. The fourth-order valence-electron chi connectivity index (χ4n) is 2.57. The van der Waals surface area contributed by atoms with E-state index in [4.69, 9.17) is 0 Å². The largest absolute Gasteiger partial charge is 0.387 e. The lowest BCUT2D eigenvalue weighted by atomic mass is 10.0. The summed E-state index contributed by atoms with van der Waals surface area (Å²) in [6.07, 6.45) is 0.656. The second kappa shape index (κ2) is 6.96. The number of rotatable bonds is 3. The lowest BCUT2D eigenvalue weighted by Gasteiger charge is -2.21. The molecule has 22 heavy (non-hydrogen) atoms. The van der Waals surface area contributed by atoms with Crippen LogP contribution < -0.4 is 16.0 Å². The Morgan fingerprint density at radius 2 is 2.00 bits per heavy atom. The number of carbonyl (C=O) groups is 1. The summed E-state index contributed by atoms with van der Waals surface area (Å²) in [5, 5.41) is 21.0. The Morgan fingerprint density at radius 1 is 1.23 bits per heavy atom. The van der Waals surface area contributed by atoms with Gasteiger partial charge in [-0.2, -0.15) is 0 Å². The SMILES string of the molecule is Cl.O=C(NCC1(O)CCNC1)Nc1ccc2ccccc2c1. The summed E-state index contributed by atoms with van der Waals surface area (Å²) in [5.74, 6) is 0. The van der Waals surface area contributed by atoms with Gasteiger partial charge >= 0.3 is 6.03 Å². The summed E-state index contributed by atoms with van der Waals surface area (Å²) in [7, 11) is 0. The summed E-state index contributed by atoms with van der Waals surface area (Å²) in [6.45, 7) is 1.55. The molecule has 2 aromatic rings. The molecule has 1 saturated heterocycles. The fraction of sp³-hybridized carbons (Fsp3) is 0.312. The van der Waals surface area contributed by atoms with Gasteiger partial charge in [-0.15, -0.1) is 12.4 Å². The summed E-state index contributed by atoms with van der Waals surface area (Å²) >= 11 is 0.